The van der Waals surface area contributed by atoms with E-state index in [-0.39, 0.29) is 24.4 Å². The average molecular weight is 394 g/mol. The molecular formula is C15H22BrClN2O3. The van der Waals surface area contributed by atoms with E-state index in [1.807, 2.05) is 0 Å². The highest BCUT2D eigenvalue weighted by Gasteiger charge is 2.20. The summed E-state index contributed by atoms with van der Waals surface area (Å²) in [6.45, 7) is 5.64. The zero-order valence-corrected chi connectivity index (χ0v) is 15.1. The van der Waals surface area contributed by atoms with E-state index in [0.29, 0.717) is 42.7 Å². The van der Waals surface area contributed by atoms with Crippen molar-refractivity contribution in [2.45, 2.75) is 26.3 Å². The van der Waals surface area contributed by atoms with Gasteiger partial charge in [-0.15, -0.1) is 12.4 Å². The van der Waals surface area contributed by atoms with Gasteiger partial charge in [0.15, 0.2) is 11.5 Å². The van der Waals surface area contributed by atoms with E-state index in [1.165, 1.54) is 0 Å². The summed E-state index contributed by atoms with van der Waals surface area (Å²) in [5.74, 6) is 1.57. The third-order valence-electron chi connectivity index (χ3n) is 3.23. The van der Waals surface area contributed by atoms with Crippen molar-refractivity contribution in [3.05, 3.63) is 22.2 Å². The maximum atomic E-state index is 12.3. The van der Waals surface area contributed by atoms with E-state index in [9.17, 15) is 4.79 Å². The predicted octanol–water partition coefficient (Wildman–Crippen LogP) is 2.75. The lowest BCUT2D eigenvalue weighted by atomic mass is 10.0. The first kappa shape index (κ1) is 19.1. The topological polar surface area (TPSA) is 73.6 Å². The average Bonchev–Trinajstić information content (AvgIpc) is 2.46. The Hall–Kier alpha value is -0.980. The maximum Gasteiger partial charge on any atom is 0.251 e. The van der Waals surface area contributed by atoms with Crippen LogP contribution in [-0.4, -0.2) is 31.7 Å². The summed E-state index contributed by atoms with van der Waals surface area (Å²) in [5, 5.41) is 2.97. The van der Waals surface area contributed by atoms with Crippen molar-refractivity contribution in [2.24, 2.45) is 11.7 Å². The van der Waals surface area contributed by atoms with Crippen LogP contribution in [0.3, 0.4) is 0 Å². The van der Waals surface area contributed by atoms with Gasteiger partial charge in [-0.25, -0.2) is 0 Å². The molecule has 1 aliphatic heterocycles. The van der Waals surface area contributed by atoms with Crippen LogP contribution in [0.2, 0.25) is 0 Å². The molecule has 0 radical (unpaired) electrons. The fourth-order valence-electron chi connectivity index (χ4n) is 2.29. The summed E-state index contributed by atoms with van der Waals surface area (Å²) in [6, 6.07) is 3.42. The van der Waals surface area contributed by atoms with Crippen LogP contribution in [0.1, 0.15) is 30.6 Å². The number of carbonyl (C=O) groups is 1. The Morgan fingerprint density at radius 1 is 1.36 bits per heavy atom. The molecule has 0 spiro atoms. The molecule has 1 atom stereocenters. The zero-order chi connectivity index (χ0) is 15.4. The molecule has 0 bridgehead atoms. The van der Waals surface area contributed by atoms with Crippen LogP contribution in [0.15, 0.2) is 16.6 Å². The van der Waals surface area contributed by atoms with Gasteiger partial charge in [0.05, 0.1) is 4.47 Å². The molecule has 3 N–H and O–H groups in total. The zero-order valence-electron chi connectivity index (χ0n) is 12.7. The van der Waals surface area contributed by atoms with Gasteiger partial charge in [0, 0.05) is 18.2 Å². The van der Waals surface area contributed by atoms with Crippen molar-refractivity contribution < 1.29 is 14.3 Å². The van der Waals surface area contributed by atoms with Gasteiger partial charge in [0.1, 0.15) is 13.2 Å². The molecule has 2 rings (SSSR count). The molecule has 0 aliphatic carbocycles. The Morgan fingerprint density at radius 2 is 2.05 bits per heavy atom. The van der Waals surface area contributed by atoms with Gasteiger partial charge < -0.3 is 20.5 Å². The molecule has 1 heterocycles. The summed E-state index contributed by atoms with van der Waals surface area (Å²) < 4.78 is 11.8. The number of hydrogen-bond donors (Lipinski definition) is 2. The van der Waals surface area contributed by atoms with Crippen molar-refractivity contribution in [1.29, 1.82) is 0 Å². The van der Waals surface area contributed by atoms with Gasteiger partial charge in [0.25, 0.3) is 5.91 Å². The number of nitrogens with one attached hydrogen (secondary N) is 1. The largest absolute Gasteiger partial charge is 0.486 e. The lowest BCUT2D eigenvalue weighted by molar-refractivity contribution is 0.0932. The van der Waals surface area contributed by atoms with Crippen molar-refractivity contribution in [3.63, 3.8) is 0 Å². The quantitative estimate of drug-likeness (QED) is 0.807. The number of carbonyl (C=O) groups excluding carboxylic acids is 1. The molecule has 0 saturated carbocycles. The SMILES string of the molecule is CC(C)CC(CN)NC(=O)c1cc(Br)c2c(c1)OCCO2.Cl. The predicted molar refractivity (Wildman–Crippen MR) is 92.1 cm³/mol. The van der Waals surface area contributed by atoms with E-state index < -0.39 is 0 Å². The highest BCUT2D eigenvalue weighted by Crippen LogP contribution is 2.38. The lowest BCUT2D eigenvalue weighted by Gasteiger charge is -2.22. The fraction of sp³-hybridized carbons (Fsp3) is 0.533. The van der Waals surface area contributed by atoms with Gasteiger partial charge in [-0.2, -0.15) is 0 Å². The number of benzene rings is 1. The van der Waals surface area contributed by atoms with E-state index in [2.05, 4.69) is 35.1 Å². The molecule has 124 valence electrons. The molecule has 1 aromatic carbocycles. The third-order valence-corrected chi connectivity index (χ3v) is 3.82. The summed E-state index contributed by atoms with van der Waals surface area (Å²) in [6.07, 6.45) is 0.855. The summed E-state index contributed by atoms with van der Waals surface area (Å²) in [7, 11) is 0. The minimum absolute atomic E-state index is 0. The summed E-state index contributed by atoms with van der Waals surface area (Å²) in [4.78, 5) is 12.3. The number of halogens is 2. The van der Waals surface area contributed by atoms with Crippen molar-refractivity contribution in [3.8, 4) is 11.5 Å². The second kappa shape index (κ2) is 8.60. The first-order valence-corrected chi connectivity index (χ1v) is 7.90. The second-order valence-corrected chi connectivity index (χ2v) is 6.37. The van der Waals surface area contributed by atoms with E-state index in [4.69, 9.17) is 15.2 Å². The molecule has 0 aromatic heterocycles. The minimum atomic E-state index is -0.149. The van der Waals surface area contributed by atoms with Crippen molar-refractivity contribution >= 4 is 34.2 Å². The Kier molecular flexibility index (Phi) is 7.45. The van der Waals surface area contributed by atoms with E-state index in [0.717, 1.165) is 10.9 Å². The second-order valence-electron chi connectivity index (χ2n) is 5.52. The Bertz CT molecular complexity index is 526. The van der Waals surface area contributed by atoms with Crippen LogP contribution in [0, 0.1) is 5.92 Å². The van der Waals surface area contributed by atoms with Crippen molar-refractivity contribution in [2.75, 3.05) is 19.8 Å². The van der Waals surface area contributed by atoms with Crippen LogP contribution < -0.4 is 20.5 Å². The molecule has 5 nitrogen and oxygen atoms in total. The molecule has 0 saturated heterocycles. The molecular weight excluding hydrogens is 372 g/mol. The number of ether oxygens (including phenoxy) is 2. The Morgan fingerprint density at radius 3 is 2.68 bits per heavy atom. The molecule has 7 heteroatoms. The van der Waals surface area contributed by atoms with Crippen LogP contribution in [0.5, 0.6) is 11.5 Å². The first-order valence-electron chi connectivity index (χ1n) is 7.11. The highest BCUT2D eigenvalue weighted by atomic mass is 79.9. The Labute approximate surface area is 145 Å². The lowest BCUT2D eigenvalue weighted by Crippen LogP contribution is -2.41. The molecule has 1 aromatic rings. The number of fused-ring (bicyclic) bond motifs is 1. The Balaban J connectivity index is 0.00000242. The minimum Gasteiger partial charge on any atom is -0.486 e. The van der Waals surface area contributed by atoms with Gasteiger partial charge >= 0.3 is 0 Å². The maximum absolute atomic E-state index is 12.3. The third kappa shape index (κ3) is 4.76. The monoisotopic (exact) mass is 392 g/mol. The molecule has 1 aliphatic rings. The number of nitrogens with two attached hydrogens (primary N) is 1. The number of rotatable bonds is 5. The molecule has 1 unspecified atom stereocenters. The fourth-order valence-corrected chi connectivity index (χ4v) is 2.85. The molecule has 0 fully saturated rings. The van der Waals surface area contributed by atoms with E-state index >= 15 is 0 Å². The van der Waals surface area contributed by atoms with Gasteiger partial charge in [0.2, 0.25) is 0 Å². The number of amides is 1. The van der Waals surface area contributed by atoms with Gasteiger partial charge in [-0.05, 0) is 40.4 Å². The standard InChI is InChI=1S/C15H21BrN2O3.ClH/c1-9(2)5-11(8-17)18-15(19)10-6-12(16)14-13(7-10)20-3-4-21-14;/h6-7,9,11H,3-5,8,17H2,1-2H3,(H,18,19);1H. The summed E-state index contributed by atoms with van der Waals surface area (Å²) in [5.41, 5.74) is 6.26. The van der Waals surface area contributed by atoms with Gasteiger partial charge in [-0.1, -0.05) is 13.8 Å². The summed E-state index contributed by atoms with van der Waals surface area (Å²) >= 11 is 3.42. The van der Waals surface area contributed by atoms with E-state index in [1.54, 1.807) is 12.1 Å². The van der Waals surface area contributed by atoms with Gasteiger partial charge in [-0.3, -0.25) is 4.79 Å². The van der Waals surface area contributed by atoms with Crippen molar-refractivity contribution in [1.82, 2.24) is 5.32 Å². The molecule has 1 amide bonds. The number of hydrogen-bond acceptors (Lipinski definition) is 4. The molecule has 22 heavy (non-hydrogen) atoms. The highest BCUT2D eigenvalue weighted by molar-refractivity contribution is 9.10. The van der Waals surface area contributed by atoms with Crippen LogP contribution in [0.4, 0.5) is 0 Å². The normalized spacial score (nSPS) is 14.2. The van der Waals surface area contributed by atoms with Crippen LogP contribution >= 0.6 is 28.3 Å². The van der Waals surface area contributed by atoms with Crippen LogP contribution in [0.25, 0.3) is 0 Å². The smallest absolute Gasteiger partial charge is 0.251 e. The van der Waals surface area contributed by atoms with Crippen LogP contribution in [-0.2, 0) is 0 Å². The first-order chi connectivity index (χ1) is 10.0.